The molecule has 0 N–H and O–H groups in total. The van der Waals surface area contributed by atoms with Crippen LogP contribution in [-0.4, -0.2) is 37.8 Å². The fraction of sp³-hybridized carbons (Fsp3) is 0.875. The average Bonchev–Trinajstić information content (AvgIpc) is 2.05. The second-order valence-corrected chi connectivity index (χ2v) is 4.00. The second kappa shape index (κ2) is 7.43. The lowest BCUT2D eigenvalue weighted by molar-refractivity contribution is -0.140. The van der Waals surface area contributed by atoms with E-state index in [0.717, 1.165) is 12.4 Å². The summed E-state index contributed by atoms with van der Waals surface area (Å²) in [5.41, 5.74) is 0. The van der Waals surface area contributed by atoms with Crippen LogP contribution in [0.5, 0.6) is 0 Å². The molecule has 0 saturated heterocycles. The van der Waals surface area contributed by atoms with Crippen LogP contribution >= 0.6 is 11.8 Å². The van der Waals surface area contributed by atoms with E-state index >= 15 is 0 Å². The zero-order valence-corrected chi connectivity index (χ0v) is 8.65. The van der Waals surface area contributed by atoms with E-state index in [0.29, 0.717) is 11.7 Å². The van der Waals surface area contributed by atoms with Crippen molar-refractivity contribution in [1.29, 1.82) is 0 Å². The van der Waals surface area contributed by atoms with Gasteiger partial charge in [-0.2, -0.15) is 11.8 Å². The number of thioether (sulfide) groups is 1. The lowest BCUT2D eigenvalue weighted by Crippen LogP contribution is -2.09. The number of hydrogen-bond donors (Lipinski definition) is 0. The van der Waals surface area contributed by atoms with Crippen LogP contribution < -0.4 is 0 Å². The lowest BCUT2D eigenvalue weighted by Gasteiger charge is -2.08. The van der Waals surface area contributed by atoms with E-state index in [1.165, 1.54) is 7.11 Å². The summed E-state index contributed by atoms with van der Waals surface area (Å²) in [6.45, 7) is 2.74. The van der Waals surface area contributed by atoms with Crippen molar-refractivity contribution in [1.82, 2.24) is 0 Å². The Morgan fingerprint density at radius 1 is 1.50 bits per heavy atom. The predicted molar refractivity (Wildman–Crippen MR) is 50.4 cm³/mol. The van der Waals surface area contributed by atoms with Gasteiger partial charge in [0.05, 0.1) is 20.1 Å². The van der Waals surface area contributed by atoms with Crippen LogP contribution in [0.25, 0.3) is 0 Å². The maximum absolute atomic E-state index is 10.8. The Morgan fingerprint density at radius 3 is 2.67 bits per heavy atom. The Labute approximate surface area is 77.8 Å². The molecule has 1 unspecified atom stereocenters. The summed E-state index contributed by atoms with van der Waals surface area (Å²) in [6, 6.07) is 0. The smallest absolute Gasteiger partial charge is 0.306 e. The van der Waals surface area contributed by atoms with E-state index in [1.54, 1.807) is 18.9 Å². The van der Waals surface area contributed by atoms with E-state index in [2.05, 4.69) is 4.74 Å². The molecule has 0 aliphatic heterocycles. The molecule has 0 saturated carbocycles. The quantitative estimate of drug-likeness (QED) is 0.469. The van der Waals surface area contributed by atoms with Crippen molar-refractivity contribution >= 4 is 17.7 Å². The summed E-state index contributed by atoms with van der Waals surface area (Å²) in [7, 11) is 3.08. The number of ether oxygens (including phenoxy) is 2. The van der Waals surface area contributed by atoms with Crippen LogP contribution in [0.4, 0.5) is 0 Å². The van der Waals surface area contributed by atoms with Crippen molar-refractivity contribution < 1.29 is 14.3 Å². The van der Waals surface area contributed by atoms with Gasteiger partial charge in [0.15, 0.2) is 0 Å². The third kappa shape index (κ3) is 6.49. The first-order valence-electron chi connectivity index (χ1n) is 3.88. The molecule has 0 aliphatic carbocycles. The summed E-state index contributed by atoms with van der Waals surface area (Å²) in [5.74, 6) is 0.779. The fourth-order valence-corrected chi connectivity index (χ4v) is 1.63. The van der Waals surface area contributed by atoms with E-state index in [4.69, 9.17) is 4.74 Å². The molecule has 1 atom stereocenters. The van der Waals surface area contributed by atoms with Gasteiger partial charge in [-0.15, -0.1) is 0 Å². The van der Waals surface area contributed by atoms with Crippen LogP contribution in [0.1, 0.15) is 13.3 Å². The Balaban J connectivity index is 3.32. The summed E-state index contributed by atoms with van der Waals surface area (Å²) in [4.78, 5) is 10.8. The first kappa shape index (κ1) is 11.8. The van der Waals surface area contributed by atoms with Gasteiger partial charge in [0.1, 0.15) is 0 Å². The minimum Gasteiger partial charge on any atom is -0.469 e. The Morgan fingerprint density at radius 2 is 2.17 bits per heavy atom. The Bertz CT molecular complexity index is 127. The molecule has 0 amide bonds. The molecule has 72 valence electrons. The van der Waals surface area contributed by atoms with Gasteiger partial charge < -0.3 is 9.47 Å². The van der Waals surface area contributed by atoms with Gasteiger partial charge in [0, 0.05) is 18.1 Å². The van der Waals surface area contributed by atoms with Crippen molar-refractivity contribution in [2.24, 2.45) is 0 Å². The standard InChI is InChI=1S/C8H16O3S/c1-7(6-8(9)11-3)12-5-4-10-2/h7H,4-6H2,1-3H3. The van der Waals surface area contributed by atoms with Gasteiger partial charge in [0.25, 0.3) is 0 Å². The number of esters is 1. The van der Waals surface area contributed by atoms with Crippen LogP contribution in [0.2, 0.25) is 0 Å². The van der Waals surface area contributed by atoms with Crippen molar-refractivity contribution in [3.63, 3.8) is 0 Å². The normalized spacial score (nSPS) is 12.6. The lowest BCUT2D eigenvalue weighted by atomic mass is 10.3. The number of carbonyl (C=O) groups is 1. The predicted octanol–water partition coefficient (Wildman–Crippen LogP) is 1.32. The number of rotatable bonds is 6. The average molecular weight is 192 g/mol. The molecule has 0 aliphatic rings. The highest BCUT2D eigenvalue weighted by atomic mass is 32.2. The topological polar surface area (TPSA) is 35.5 Å². The van der Waals surface area contributed by atoms with E-state index < -0.39 is 0 Å². The number of carbonyl (C=O) groups excluding carboxylic acids is 1. The molecule has 0 bridgehead atoms. The summed E-state index contributed by atoms with van der Waals surface area (Å²) < 4.78 is 9.43. The van der Waals surface area contributed by atoms with Gasteiger partial charge in [-0.1, -0.05) is 6.92 Å². The molecule has 0 spiro atoms. The third-order valence-corrected chi connectivity index (χ3v) is 2.51. The molecule has 0 rings (SSSR count). The molecule has 0 fully saturated rings. The van der Waals surface area contributed by atoms with Gasteiger partial charge in [-0.05, 0) is 0 Å². The van der Waals surface area contributed by atoms with Gasteiger partial charge >= 0.3 is 5.97 Å². The first-order valence-corrected chi connectivity index (χ1v) is 4.93. The maximum atomic E-state index is 10.8. The molecule has 0 aromatic carbocycles. The SMILES string of the molecule is COCCSC(C)CC(=O)OC. The summed E-state index contributed by atoms with van der Waals surface area (Å²) >= 11 is 1.72. The van der Waals surface area contributed by atoms with Crippen LogP contribution in [-0.2, 0) is 14.3 Å². The molecular formula is C8H16O3S. The highest BCUT2D eigenvalue weighted by Gasteiger charge is 2.08. The molecule has 0 radical (unpaired) electrons. The molecular weight excluding hydrogens is 176 g/mol. The second-order valence-electron chi connectivity index (χ2n) is 2.45. The highest BCUT2D eigenvalue weighted by Crippen LogP contribution is 2.13. The van der Waals surface area contributed by atoms with Crippen LogP contribution in [0.3, 0.4) is 0 Å². The molecule has 0 aromatic rings. The zero-order valence-electron chi connectivity index (χ0n) is 7.83. The molecule has 12 heavy (non-hydrogen) atoms. The van der Waals surface area contributed by atoms with Crippen molar-refractivity contribution in [2.45, 2.75) is 18.6 Å². The molecule has 3 nitrogen and oxygen atoms in total. The van der Waals surface area contributed by atoms with Gasteiger partial charge in [0.2, 0.25) is 0 Å². The third-order valence-electron chi connectivity index (χ3n) is 1.37. The summed E-state index contributed by atoms with van der Waals surface area (Å²) in [6.07, 6.45) is 0.477. The van der Waals surface area contributed by atoms with E-state index in [1.807, 2.05) is 6.92 Å². The van der Waals surface area contributed by atoms with Crippen molar-refractivity contribution in [2.75, 3.05) is 26.6 Å². The van der Waals surface area contributed by atoms with Crippen LogP contribution in [0.15, 0.2) is 0 Å². The number of methoxy groups -OCH3 is 2. The monoisotopic (exact) mass is 192 g/mol. The van der Waals surface area contributed by atoms with Crippen molar-refractivity contribution in [3.05, 3.63) is 0 Å². The number of hydrogen-bond acceptors (Lipinski definition) is 4. The maximum Gasteiger partial charge on any atom is 0.306 e. The fourth-order valence-electron chi connectivity index (χ4n) is 0.710. The first-order chi connectivity index (χ1) is 5.70. The minimum absolute atomic E-state index is 0.146. The van der Waals surface area contributed by atoms with E-state index in [-0.39, 0.29) is 5.97 Å². The molecule has 0 heterocycles. The van der Waals surface area contributed by atoms with Gasteiger partial charge in [-0.3, -0.25) is 4.79 Å². The summed E-state index contributed by atoms with van der Waals surface area (Å²) in [5, 5.41) is 0.313. The Hall–Kier alpha value is -0.220. The van der Waals surface area contributed by atoms with Gasteiger partial charge in [-0.25, -0.2) is 0 Å². The van der Waals surface area contributed by atoms with Crippen molar-refractivity contribution in [3.8, 4) is 0 Å². The minimum atomic E-state index is -0.146. The zero-order chi connectivity index (χ0) is 9.40. The molecule has 4 heteroatoms. The highest BCUT2D eigenvalue weighted by molar-refractivity contribution is 7.99. The Kier molecular flexibility index (Phi) is 7.29. The van der Waals surface area contributed by atoms with E-state index in [9.17, 15) is 4.79 Å². The largest absolute Gasteiger partial charge is 0.469 e. The molecule has 0 aromatic heterocycles. The van der Waals surface area contributed by atoms with Crippen LogP contribution in [0, 0.1) is 0 Å².